The third-order valence-corrected chi connectivity index (χ3v) is 3.42. The van der Waals surface area contributed by atoms with E-state index in [1.165, 1.54) is 6.07 Å². The summed E-state index contributed by atoms with van der Waals surface area (Å²) in [5.41, 5.74) is 0.312. The number of hydrogen-bond donors (Lipinski definition) is 2. The van der Waals surface area contributed by atoms with Crippen molar-refractivity contribution >= 4 is 5.91 Å². The van der Waals surface area contributed by atoms with Gasteiger partial charge < -0.3 is 10.6 Å². The monoisotopic (exact) mass is 282 g/mol. The summed E-state index contributed by atoms with van der Waals surface area (Å²) in [5.74, 6) is -1.57. The Morgan fingerprint density at radius 3 is 2.85 bits per heavy atom. The minimum absolute atomic E-state index is 0.0684. The lowest BCUT2D eigenvalue weighted by Gasteiger charge is -2.15. The van der Waals surface area contributed by atoms with Crippen LogP contribution in [0.1, 0.15) is 44.2 Å². The van der Waals surface area contributed by atoms with Gasteiger partial charge in [0.15, 0.2) is 11.6 Å². The largest absolute Gasteiger partial charge is 0.353 e. The smallest absolute Gasteiger partial charge is 0.220 e. The van der Waals surface area contributed by atoms with Gasteiger partial charge in [0.1, 0.15) is 0 Å². The summed E-state index contributed by atoms with van der Waals surface area (Å²) in [6.07, 6.45) is 3.31. The number of rotatable bonds is 7. The number of amides is 1. The summed E-state index contributed by atoms with van der Waals surface area (Å²) in [4.78, 5) is 11.5. The van der Waals surface area contributed by atoms with Crippen molar-refractivity contribution in [3.8, 4) is 0 Å². The highest BCUT2D eigenvalue weighted by molar-refractivity contribution is 5.76. The molecule has 2 N–H and O–H groups in total. The Bertz CT molecular complexity index is 475. The Balaban J connectivity index is 1.70. The first kappa shape index (κ1) is 14.9. The molecule has 5 heteroatoms. The van der Waals surface area contributed by atoms with E-state index in [-0.39, 0.29) is 11.9 Å². The zero-order valence-corrected chi connectivity index (χ0v) is 11.6. The standard InChI is InChI=1S/C15H20F2N2O/c1-10(12-4-2-5-13(16)15(12)17)18-9-3-6-14(20)19-11-7-8-11/h2,4-5,10-11,18H,3,6-9H2,1H3,(H,19,20). The average molecular weight is 282 g/mol. The second-order valence-corrected chi connectivity index (χ2v) is 5.26. The molecule has 1 aromatic rings. The highest BCUT2D eigenvalue weighted by Gasteiger charge is 2.22. The first-order chi connectivity index (χ1) is 9.58. The van der Waals surface area contributed by atoms with Crippen molar-refractivity contribution in [3.63, 3.8) is 0 Å². The van der Waals surface area contributed by atoms with Gasteiger partial charge in [0.25, 0.3) is 0 Å². The minimum Gasteiger partial charge on any atom is -0.353 e. The Hall–Kier alpha value is -1.49. The highest BCUT2D eigenvalue weighted by atomic mass is 19.2. The lowest BCUT2D eigenvalue weighted by molar-refractivity contribution is -0.121. The summed E-state index contributed by atoms with van der Waals surface area (Å²) in [5, 5.41) is 6.02. The summed E-state index contributed by atoms with van der Waals surface area (Å²) in [6.45, 7) is 2.37. The maximum absolute atomic E-state index is 13.6. The number of halogens is 2. The third kappa shape index (κ3) is 4.27. The number of carbonyl (C=O) groups is 1. The predicted octanol–water partition coefficient (Wildman–Crippen LogP) is 2.67. The molecule has 110 valence electrons. The molecule has 0 bridgehead atoms. The molecule has 0 aromatic heterocycles. The zero-order chi connectivity index (χ0) is 14.5. The molecule has 0 heterocycles. The van der Waals surface area contributed by atoms with E-state index in [4.69, 9.17) is 0 Å². The quantitative estimate of drug-likeness (QED) is 0.755. The molecule has 0 spiro atoms. The van der Waals surface area contributed by atoms with Gasteiger partial charge in [0.05, 0.1) is 0 Å². The minimum atomic E-state index is -0.833. The van der Waals surface area contributed by atoms with Gasteiger partial charge in [-0.25, -0.2) is 8.78 Å². The molecule has 1 aromatic carbocycles. The van der Waals surface area contributed by atoms with Gasteiger partial charge in [-0.15, -0.1) is 0 Å². The number of nitrogens with one attached hydrogen (secondary N) is 2. The van der Waals surface area contributed by atoms with Crippen LogP contribution in [0.15, 0.2) is 18.2 Å². The van der Waals surface area contributed by atoms with Crippen LogP contribution >= 0.6 is 0 Å². The summed E-state index contributed by atoms with van der Waals surface area (Å²) >= 11 is 0. The number of hydrogen-bond acceptors (Lipinski definition) is 2. The third-order valence-electron chi connectivity index (χ3n) is 3.42. The van der Waals surface area contributed by atoms with Crippen LogP contribution in [0.25, 0.3) is 0 Å². The second kappa shape index (κ2) is 6.79. The molecule has 1 aliphatic rings. The molecular formula is C15H20F2N2O. The molecule has 20 heavy (non-hydrogen) atoms. The molecule has 1 aliphatic carbocycles. The predicted molar refractivity (Wildman–Crippen MR) is 73.2 cm³/mol. The maximum Gasteiger partial charge on any atom is 0.220 e. The van der Waals surface area contributed by atoms with E-state index in [1.54, 1.807) is 13.0 Å². The molecule has 0 aliphatic heterocycles. The molecular weight excluding hydrogens is 262 g/mol. The van der Waals surface area contributed by atoms with Crippen molar-refractivity contribution < 1.29 is 13.6 Å². The van der Waals surface area contributed by atoms with Gasteiger partial charge in [-0.3, -0.25) is 4.79 Å². The van der Waals surface area contributed by atoms with Gasteiger partial charge in [-0.2, -0.15) is 0 Å². The van der Waals surface area contributed by atoms with E-state index >= 15 is 0 Å². The van der Waals surface area contributed by atoms with Crippen molar-refractivity contribution in [2.24, 2.45) is 0 Å². The van der Waals surface area contributed by atoms with Crippen molar-refractivity contribution in [2.45, 2.75) is 44.7 Å². The average Bonchev–Trinajstić information content (AvgIpc) is 3.21. The summed E-state index contributed by atoms with van der Waals surface area (Å²) in [6, 6.07) is 4.27. The Morgan fingerprint density at radius 2 is 2.15 bits per heavy atom. The Labute approximate surface area is 117 Å². The second-order valence-electron chi connectivity index (χ2n) is 5.26. The van der Waals surface area contributed by atoms with Crippen LogP contribution < -0.4 is 10.6 Å². The van der Waals surface area contributed by atoms with E-state index in [9.17, 15) is 13.6 Å². The van der Waals surface area contributed by atoms with Crippen LogP contribution in [0.2, 0.25) is 0 Å². The normalized spacial score (nSPS) is 15.9. The topological polar surface area (TPSA) is 41.1 Å². The van der Waals surface area contributed by atoms with E-state index < -0.39 is 11.6 Å². The molecule has 1 unspecified atom stereocenters. The van der Waals surface area contributed by atoms with Crippen LogP contribution in [0.4, 0.5) is 8.78 Å². The maximum atomic E-state index is 13.6. The molecule has 1 atom stereocenters. The Kier molecular flexibility index (Phi) is 5.06. The molecule has 1 fully saturated rings. The lowest BCUT2D eigenvalue weighted by atomic mass is 10.1. The van der Waals surface area contributed by atoms with E-state index in [0.717, 1.165) is 18.9 Å². The fraction of sp³-hybridized carbons (Fsp3) is 0.533. The van der Waals surface area contributed by atoms with E-state index in [0.29, 0.717) is 31.0 Å². The number of benzene rings is 1. The molecule has 3 nitrogen and oxygen atoms in total. The first-order valence-corrected chi connectivity index (χ1v) is 7.04. The van der Waals surface area contributed by atoms with Crippen LogP contribution in [0.5, 0.6) is 0 Å². The van der Waals surface area contributed by atoms with Crippen molar-refractivity contribution in [2.75, 3.05) is 6.54 Å². The molecule has 1 amide bonds. The van der Waals surface area contributed by atoms with Crippen molar-refractivity contribution in [1.29, 1.82) is 0 Å². The van der Waals surface area contributed by atoms with Crippen molar-refractivity contribution in [3.05, 3.63) is 35.4 Å². The first-order valence-electron chi connectivity index (χ1n) is 7.04. The van der Waals surface area contributed by atoms with Crippen LogP contribution in [-0.2, 0) is 4.79 Å². The molecule has 0 saturated heterocycles. The SMILES string of the molecule is CC(NCCCC(=O)NC1CC1)c1cccc(F)c1F. The summed E-state index contributed by atoms with van der Waals surface area (Å²) in [7, 11) is 0. The van der Waals surface area contributed by atoms with Gasteiger partial charge in [-0.05, 0) is 38.8 Å². The van der Waals surface area contributed by atoms with Crippen LogP contribution in [0, 0.1) is 11.6 Å². The Morgan fingerprint density at radius 1 is 1.40 bits per heavy atom. The highest BCUT2D eigenvalue weighted by Crippen LogP contribution is 2.19. The van der Waals surface area contributed by atoms with Crippen LogP contribution in [0.3, 0.4) is 0 Å². The van der Waals surface area contributed by atoms with Crippen LogP contribution in [-0.4, -0.2) is 18.5 Å². The van der Waals surface area contributed by atoms with Gasteiger partial charge in [-0.1, -0.05) is 12.1 Å². The van der Waals surface area contributed by atoms with Gasteiger partial charge >= 0.3 is 0 Å². The van der Waals surface area contributed by atoms with Gasteiger partial charge in [0, 0.05) is 24.1 Å². The molecule has 1 saturated carbocycles. The zero-order valence-electron chi connectivity index (χ0n) is 11.6. The number of carbonyl (C=O) groups excluding carboxylic acids is 1. The van der Waals surface area contributed by atoms with Gasteiger partial charge in [0.2, 0.25) is 5.91 Å². The molecule has 2 rings (SSSR count). The van der Waals surface area contributed by atoms with E-state index in [2.05, 4.69) is 10.6 Å². The van der Waals surface area contributed by atoms with Crippen molar-refractivity contribution in [1.82, 2.24) is 10.6 Å². The fourth-order valence-corrected chi connectivity index (χ4v) is 2.06. The summed E-state index contributed by atoms with van der Waals surface area (Å²) < 4.78 is 26.7. The van der Waals surface area contributed by atoms with E-state index in [1.807, 2.05) is 0 Å². The lowest BCUT2D eigenvalue weighted by Crippen LogP contribution is -2.27. The molecule has 0 radical (unpaired) electrons. The fourth-order valence-electron chi connectivity index (χ4n) is 2.06.